The molecular formula is C10H12OS. The summed E-state index contributed by atoms with van der Waals surface area (Å²) in [6.45, 7) is 2.07. The van der Waals surface area contributed by atoms with E-state index in [4.69, 9.17) is 4.42 Å². The van der Waals surface area contributed by atoms with Crippen LogP contribution in [0.3, 0.4) is 0 Å². The second-order valence-corrected chi connectivity index (χ2v) is 3.04. The summed E-state index contributed by atoms with van der Waals surface area (Å²) < 4.78 is 4.98. The van der Waals surface area contributed by atoms with Gasteiger partial charge in [-0.05, 0) is 22.9 Å². The second kappa shape index (κ2) is 5.61. The summed E-state index contributed by atoms with van der Waals surface area (Å²) in [5.41, 5.74) is 0. The smallest absolute Gasteiger partial charge is 0.103 e. The molecule has 64 valence electrons. The van der Waals surface area contributed by atoms with Crippen molar-refractivity contribution < 1.29 is 4.42 Å². The molecule has 0 atom stereocenters. The highest BCUT2D eigenvalue weighted by Gasteiger charge is 1.84. The number of aryl methyl sites for hydroxylation is 1. The van der Waals surface area contributed by atoms with Crippen LogP contribution in [0.2, 0.25) is 0 Å². The maximum atomic E-state index is 4.98. The Balaban J connectivity index is 0.000000127. The molecule has 2 aromatic rings. The summed E-state index contributed by atoms with van der Waals surface area (Å²) in [5, 5.41) is 4.08. The zero-order valence-corrected chi connectivity index (χ0v) is 7.88. The van der Waals surface area contributed by atoms with E-state index in [9.17, 15) is 0 Å². The van der Waals surface area contributed by atoms with Gasteiger partial charge in [0.1, 0.15) is 5.76 Å². The van der Waals surface area contributed by atoms with Crippen molar-refractivity contribution in [3.05, 3.63) is 47.0 Å². The first-order chi connectivity index (χ1) is 5.93. The van der Waals surface area contributed by atoms with Crippen LogP contribution >= 0.6 is 11.3 Å². The molecule has 0 radical (unpaired) electrons. The number of rotatable bonds is 1. The lowest BCUT2D eigenvalue weighted by Crippen LogP contribution is -1.66. The van der Waals surface area contributed by atoms with E-state index in [1.165, 1.54) is 0 Å². The monoisotopic (exact) mass is 180 g/mol. The van der Waals surface area contributed by atoms with E-state index in [1.54, 1.807) is 17.6 Å². The van der Waals surface area contributed by atoms with Gasteiger partial charge in [0.15, 0.2) is 0 Å². The van der Waals surface area contributed by atoms with Gasteiger partial charge in [-0.3, -0.25) is 0 Å². The van der Waals surface area contributed by atoms with Gasteiger partial charge in [0, 0.05) is 6.42 Å². The number of hydrogen-bond acceptors (Lipinski definition) is 2. The molecule has 0 bridgehead atoms. The van der Waals surface area contributed by atoms with E-state index < -0.39 is 0 Å². The minimum absolute atomic E-state index is 0.993. The molecule has 0 saturated heterocycles. The molecular weight excluding hydrogens is 168 g/mol. The van der Waals surface area contributed by atoms with Crippen molar-refractivity contribution >= 4 is 11.3 Å². The molecule has 0 spiro atoms. The Morgan fingerprint density at radius 2 is 2.00 bits per heavy atom. The van der Waals surface area contributed by atoms with Crippen molar-refractivity contribution in [2.24, 2.45) is 0 Å². The van der Waals surface area contributed by atoms with Crippen LogP contribution in [-0.4, -0.2) is 0 Å². The highest BCUT2D eigenvalue weighted by atomic mass is 32.1. The van der Waals surface area contributed by atoms with E-state index in [-0.39, 0.29) is 0 Å². The van der Waals surface area contributed by atoms with E-state index in [1.807, 2.05) is 35.0 Å². The zero-order valence-electron chi connectivity index (χ0n) is 7.07. The van der Waals surface area contributed by atoms with Crippen molar-refractivity contribution in [3.8, 4) is 0 Å². The van der Waals surface area contributed by atoms with Crippen LogP contribution in [0, 0.1) is 0 Å². The number of hydrogen-bond donors (Lipinski definition) is 0. The first-order valence-electron chi connectivity index (χ1n) is 3.93. The third kappa shape index (κ3) is 3.39. The standard InChI is InChI=1S/C6H8O.C4H4S/c1-2-6-4-3-5-7-6;1-2-4-5-3-1/h3-5H,2H2,1H3;1-4H. The van der Waals surface area contributed by atoms with Gasteiger partial charge in [-0.2, -0.15) is 11.3 Å². The average molecular weight is 180 g/mol. The maximum absolute atomic E-state index is 4.98. The van der Waals surface area contributed by atoms with Crippen LogP contribution in [0.25, 0.3) is 0 Å². The van der Waals surface area contributed by atoms with E-state index >= 15 is 0 Å². The van der Waals surface area contributed by atoms with Crippen molar-refractivity contribution in [2.75, 3.05) is 0 Å². The first-order valence-corrected chi connectivity index (χ1v) is 4.87. The minimum atomic E-state index is 0.993. The lowest BCUT2D eigenvalue weighted by Gasteiger charge is -1.79. The van der Waals surface area contributed by atoms with Crippen molar-refractivity contribution in [2.45, 2.75) is 13.3 Å². The molecule has 0 saturated carbocycles. The Morgan fingerprint density at radius 3 is 2.25 bits per heavy atom. The summed E-state index contributed by atoms with van der Waals surface area (Å²) >= 11 is 1.71. The Morgan fingerprint density at radius 1 is 1.25 bits per heavy atom. The summed E-state index contributed by atoms with van der Waals surface area (Å²) in [6, 6.07) is 7.91. The molecule has 2 heteroatoms. The largest absolute Gasteiger partial charge is 0.469 e. The van der Waals surface area contributed by atoms with Gasteiger partial charge >= 0.3 is 0 Å². The van der Waals surface area contributed by atoms with Crippen molar-refractivity contribution in [1.82, 2.24) is 0 Å². The van der Waals surface area contributed by atoms with E-state index in [2.05, 4.69) is 6.92 Å². The van der Waals surface area contributed by atoms with Crippen LogP contribution in [0.15, 0.2) is 45.7 Å². The average Bonchev–Trinajstić information content (AvgIpc) is 2.81. The molecule has 0 aliphatic carbocycles. The molecule has 0 fully saturated rings. The summed E-state index contributed by atoms with van der Waals surface area (Å²) in [5.74, 6) is 1.06. The van der Waals surface area contributed by atoms with E-state index in [0.717, 1.165) is 12.2 Å². The van der Waals surface area contributed by atoms with E-state index in [0.29, 0.717) is 0 Å². The molecule has 2 aromatic heterocycles. The molecule has 0 unspecified atom stereocenters. The van der Waals surface area contributed by atoms with Gasteiger partial charge in [-0.15, -0.1) is 0 Å². The molecule has 2 heterocycles. The Kier molecular flexibility index (Phi) is 4.24. The molecule has 0 aliphatic rings. The Labute approximate surface area is 76.7 Å². The SMILES string of the molecule is CCc1ccco1.c1ccsc1. The molecule has 0 aliphatic heterocycles. The molecule has 12 heavy (non-hydrogen) atoms. The Hall–Kier alpha value is -1.02. The number of furan rings is 1. The zero-order chi connectivity index (χ0) is 8.65. The summed E-state index contributed by atoms with van der Waals surface area (Å²) in [6.07, 6.45) is 2.69. The van der Waals surface area contributed by atoms with Crippen LogP contribution in [0.1, 0.15) is 12.7 Å². The van der Waals surface area contributed by atoms with Gasteiger partial charge in [0.05, 0.1) is 6.26 Å². The lowest BCUT2D eigenvalue weighted by molar-refractivity contribution is 0.516. The van der Waals surface area contributed by atoms with Gasteiger partial charge in [0.2, 0.25) is 0 Å². The van der Waals surface area contributed by atoms with Crippen LogP contribution in [0.4, 0.5) is 0 Å². The molecule has 1 nitrogen and oxygen atoms in total. The second-order valence-electron chi connectivity index (χ2n) is 2.23. The fourth-order valence-corrected chi connectivity index (χ4v) is 1.19. The van der Waals surface area contributed by atoms with Gasteiger partial charge in [-0.25, -0.2) is 0 Å². The predicted molar refractivity (Wildman–Crippen MR) is 52.4 cm³/mol. The van der Waals surface area contributed by atoms with Crippen LogP contribution in [-0.2, 0) is 6.42 Å². The lowest BCUT2D eigenvalue weighted by atomic mass is 10.4. The van der Waals surface area contributed by atoms with Crippen LogP contribution in [0.5, 0.6) is 0 Å². The summed E-state index contributed by atoms with van der Waals surface area (Å²) in [4.78, 5) is 0. The van der Waals surface area contributed by atoms with Crippen LogP contribution < -0.4 is 0 Å². The van der Waals surface area contributed by atoms with Crippen molar-refractivity contribution in [1.29, 1.82) is 0 Å². The van der Waals surface area contributed by atoms with Gasteiger partial charge < -0.3 is 4.42 Å². The third-order valence-electron chi connectivity index (χ3n) is 1.35. The Bertz CT molecular complexity index is 241. The first kappa shape index (κ1) is 9.07. The highest BCUT2D eigenvalue weighted by molar-refractivity contribution is 7.07. The van der Waals surface area contributed by atoms with Gasteiger partial charge in [0.25, 0.3) is 0 Å². The van der Waals surface area contributed by atoms with Gasteiger partial charge in [-0.1, -0.05) is 19.1 Å². The van der Waals surface area contributed by atoms with Crippen molar-refractivity contribution in [3.63, 3.8) is 0 Å². The fourth-order valence-electron chi connectivity index (χ4n) is 0.741. The maximum Gasteiger partial charge on any atom is 0.103 e. The molecule has 0 amide bonds. The summed E-state index contributed by atoms with van der Waals surface area (Å²) in [7, 11) is 0. The normalized spacial score (nSPS) is 8.75. The molecule has 0 aromatic carbocycles. The fraction of sp³-hybridized carbons (Fsp3) is 0.200. The molecule has 0 N–H and O–H groups in total. The topological polar surface area (TPSA) is 13.1 Å². The minimum Gasteiger partial charge on any atom is -0.469 e. The predicted octanol–water partition coefficient (Wildman–Crippen LogP) is 3.59. The quantitative estimate of drug-likeness (QED) is 0.653. The number of thiophene rings is 1. The highest BCUT2D eigenvalue weighted by Crippen LogP contribution is 1.98. The molecule has 2 rings (SSSR count). The third-order valence-corrected chi connectivity index (χ3v) is 1.98.